The fourth-order valence-electron chi connectivity index (χ4n) is 2.99. The van der Waals surface area contributed by atoms with Gasteiger partial charge in [0.15, 0.2) is 4.32 Å². The number of thiocarbonyl (C=S) groups is 1. The molecule has 4 rings (SSSR count). The van der Waals surface area contributed by atoms with Gasteiger partial charge in [0.2, 0.25) is 0 Å². The second-order valence-corrected chi connectivity index (χ2v) is 7.93. The second kappa shape index (κ2) is 8.06. The van der Waals surface area contributed by atoms with Crippen LogP contribution in [0.15, 0.2) is 71.6 Å². The molecule has 2 amide bonds. The molecular formula is C22H16N2O3S2. The number of fused-ring (bicyclic) bond motifs is 1. The normalized spacial score (nSPS) is 15.2. The fourth-order valence-corrected chi connectivity index (χ4v) is 4.16. The van der Waals surface area contributed by atoms with E-state index in [2.05, 4.69) is 5.43 Å². The van der Waals surface area contributed by atoms with Gasteiger partial charge in [-0.1, -0.05) is 54.2 Å². The van der Waals surface area contributed by atoms with Gasteiger partial charge in [0, 0.05) is 5.56 Å². The van der Waals surface area contributed by atoms with Crippen molar-refractivity contribution in [1.29, 1.82) is 0 Å². The van der Waals surface area contributed by atoms with Gasteiger partial charge in [-0.2, -0.15) is 5.01 Å². The Hall–Kier alpha value is -3.16. The molecule has 7 heteroatoms. The summed E-state index contributed by atoms with van der Waals surface area (Å²) in [5.41, 5.74) is 3.91. The highest BCUT2D eigenvalue weighted by atomic mass is 32.2. The highest BCUT2D eigenvalue weighted by Gasteiger charge is 2.33. The van der Waals surface area contributed by atoms with Crippen LogP contribution in [0.3, 0.4) is 0 Å². The Morgan fingerprint density at radius 3 is 2.55 bits per heavy atom. The van der Waals surface area contributed by atoms with E-state index in [1.807, 2.05) is 42.5 Å². The number of benzene rings is 3. The Kier molecular flexibility index (Phi) is 5.33. The van der Waals surface area contributed by atoms with Crippen molar-refractivity contribution in [1.82, 2.24) is 10.4 Å². The molecule has 1 N–H and O–H groups in total. The van der Waals surface area contributed by atoms with Gasteiger partial charge < -0.3 is 4.74 Å². The number of hydrazine groups is 1. The zero-order valence-electron chi connectivity index (χ0n) is 15.4. The lowest BCUT2D eigenvalue weighted by atomic mass is 10.0. The molecule has 0 unspecified atom stereocenters. The first kappa shape index (κ1) is 19.2. The van der Waals surface area contributed by atoms with Gasteiger partial charge in [-0.3, -0.25) is 15.0 Å². The summed E-state index contributed by atoms with van der Waals surface area (Å²) in [7, 11) is 1.55. The molecule has 1 saturated heterocycles. The number of rotatable bonds is 4. The predicted octanol–water partition coefficient (Wildman–Crippen LogP) is 4.39. The number of thioether (sulfide) groups is 1. The molecule has 29 heavy (non-hydrogen) atoms. The predicted molar refractivity (Wildman–Crippen MR) is 119 cm³/mol. The van der Waals surface area contributed by atoms with Crippen LogP contribution >= 0.6 is 24.0 Å². The molecule has 0 saturated carbocycles. The third-order valence-electron chi connectivity index (χ3n) is 4.47. The third kappa shape index (κ3) is 3.87. The van der Waals surface area contributed by atoms with Gasteiger partial charge in [-0.25, -0.2) is 0 Å². The molecule has 1 aliphatic rings. The molecule has 3 aromatic carbocycles. The molecule has 0 radical (unpaired) electrons. The van der Waals surface area contributed by atoms with Crippen molar-refractivity contribution < 1.29 is 14.3 Å². The smallest absolute Gasteiger partial charge is 0.285 e. The van der Waals surface area contributed by atoms with E-state index in [4.69, 9.17) is 17.0 Å². The average molecular weight is 421 g/mol. The van der Waals surface area contributed by atoms with E-state index in [1.54, 1.807) is 37.5 Å². The number of amides is 2. The van der Waals surface area contributed by atoms with E-state index < -0.39 is 5.91 Å². The Labute approximate surface area is 177 Å². The molecule has 0 aliphatic carbocycles. The minimum Gasteiger partial charge on any atom is -0.497 e. The van der Waals surface area contributed by atoms with Gasteiger partial charge in [-0.15, -0.1) is 0 Å². The monoisotopic (exact) mass is 420 g/mol. The zero-order chi connectivity index (χ0) is 20.4. The van der Waals surface area contributed by atoms with Crippen LogP contribution in [0.4, 0.5) is 0 Å². The van der Waals surface area contributed by atoms with Crippen LogP contribution in [0.2, 0.25) is 0 Å². The van der Waals surface area contributed by atoms with Crippen molar-refractivity contribution in [3.8, 4) is 5.75 Å². The zero-order valence-corrected chi connectivity index (χ0v) is 17.0. The van der Waals surface area contributed by atoms with Crippen LogP contribution in [0.5, 0.6) is 5.75 Å². The Morgan fingerprint density at radius 2 is 1.79 bits per heavy atom. The first-order valence-electron chi connectivity index (χ1n) is 8.77. The van der Waals surface area contributed by atoms with Crippen molar-refractivity contribution in [2.75, 3.05) is 7.11 Å². The molecule has 0 atom stereocenters. The molecular weight excluding hydrogens is 404 g/mol. The Bertz CT molecular complexity index is 1150. The summed E-state index contributed by atoms with van der Waals surface area (Å²) in [6.45, 7) is 0. The Morgan fingerprint density at radius 1 is 1.07 bits per heavy atom. The molecule has 1 heterocycles. The van der Waals surface area contributed by atoms with Crippen LogP contribution in [-0.2, 0) is 4.79 Å². The summed E-state index contributed by atoms with van der Waals surface area (Å²) in [6.07, 6.45) is 1.81. The number of ether oxygens (including phenoxy) is 1. The quantitative estimate of drug-likeness (QED) is 0.501. The summed E-state index contributed by atoms with van der Waals surface area (Å²) < 4.78 is 5.37. The minimum absolute atomic E-state index is 0.281. The summed E-state index contributed by atoms with van der Waals surface area (Å²) in [5.74, 6) is -0.129. The Balaban J connectivity index is 1.56. The van der Waals surface area contributed by atoms with Gasteiger partial charge in [0.1, 0.15) is 5.75 Å². The number of nitrogens with one attached hydrogen (secondary N) is 1. The van der Waals surface area contributed by atoms with Gasteiger partial charge >= 0.3 is 0 Å². The van der Waals surface area contributed by atoms with E-state index in [1.165, 1.54) is 0 Å². The maximum Gasteiger partial charge on any atom is 0.285 e. The second-order valence-electron chi connectivity index (χ2n) is 6.25. The molecule has 1 fully saturated rings. The van der Waals surface area contributed by atoms with E-state index >= 15 is 0 Å². The van der Waals surface area contributed by atoms with Gasteiger partial charge in [0.25, 0.3) is 11.8 Å². The van der Waals surface area contributed by atoms with E-state index in [0.29, 0.717) is 16.2 Å². The van der Waals surface area contributed by atoms with E-state index in [9.17, 15) is 9.59 Å². The maximum atomic E-state index is 12.8. The number of carbonyl (C=O) groups excluding carboxylic acids is 2. The lowest BCUT2D eigenvalue weighted by Crippen LogP contribution is -2.44. The SMILES string of the molecule is COc1ccc(C(=O)NN2C(=O)/C(=C/c3cccc4ccccc34)SC2=S)cc1. The highest BCUT2D eigenvalue weighted by Crippen LogP contribution is 2.33. The summed E-state index contributed by atoms with van der Waals surface area (Å²) in [5, 5.41) is 3.25. The lowest BCUT2D eigenvalue weighted by molar-refractivity contribution is -0.123. The molecule has 0 bridgehead atoms. The van der Waals surface area contributed by atoms with Crippen LogP contribution < -0.4 is 10.2 Å². The van der Waals surface area contributed by atoms with Crippen LogP contribution in [0.1, 0.15) is 15.9 Å². The maximum absolute atomic E-state index is 12.8. The standard InChI is InChI=1S/C22H16N2O3S2/c1-27-17-11-9-15(10-12-17)20(25)23-24-21(26)19(29-22(24)28)13-16-7-4-6-14-5-2-3-8-18(14)16/h2-13H,1H3,(H,23,25)/b19-13-. The van der Waals surface area contributed by atoms with Gasteiger partial charge in [0.05, 0.1) is 12.0 Å². The number of nitrogens with zero attached hydrogens (tertiary/aromatic N) is 1. The van der Waals surface area contributed by atoms with Crippen molar-refractivity contribution in [2.24, 2.45) is 0 Å². The number of carbonyl (C=O) groups is 2. The molecule has 5 nitrogen and oxygen atoms in total. The van der Waals surface area contributed by atoms with Crippen molar-refractivity contribution in [3.05, 3.63) is 82.8 Å². The van der Waals surface area contributed by atoms with Crippen molar-refractivity contribution >= 4 is 57.0 Å². The van der Waals surface area contributed by atoms with E-state index in [-0.39, 0.29) is 10.2 Å². The summed E-state index contributed by atoms with van der Waals surface area (Å²) >= 11 is 6.47. The molecule has 0 spiro atoms. The largest absolute Gasteiger partial charge is 0.497 e. The van der Waals surface area contributed by atoms with Crippen molar-refractivity contribution in [3.63, 3.8) is 0 Å². The summed E-state index contributed by atoms with van der Waals surface area (Å²) in [4.78, 5) is 25.8. The van der Waals surface area contributed by atoms with E-state index in [0.717, 1.165) is 33.1 Å². The molecule has 3 aromatic rings. The van der Waals surface area contributed by atoms with Gasteiger partial charge in [-0.05, 0) is 58.9 Å². The van der Waals surface area contributed by atoms with Crippen LogP contribution in [0, 0.1) is 0 Å². The molecule has 144 valence electrons. The fraction of sp³-hybridized carbons (Fsp3) is 0.0455. The lowest BCUT2D eigenvalue weighted by Gasteiger charge is -2.15. The molecule has 0 aromatic heterocycles. The average Bonchev–Trinajstić information content (AvgIpc) is 3.01. The first-order chi connectivity index (χ1) is 14.1. The van der Waals surface area contributed by atoms with Crippen LogP contribution in [0.25, 0.3) is 16.8 Å². The highest BCUT2D eigenvalue weighted by molar-refractivity contribution is 8.26. The van der Waals surface area contributed by atoms with Crippen molar-refractivity contribution in [2.45, 2.75) is 0 Å². The number of hydrogen-bond acceptors (Lipinski definition) is 5. The number of hydrogen-bond donors (Lipinski definition) is 1. The third-order valence-corrected chi connectivity index (χ3v) is 5.77. The summed E-state index contributed by atoms with van der Waals surface area (Å²) in [6, 6.07) is 20.5. The topological polar surface area (TPSA) is 58.6 Å². The number of methoxy groups -OCH3 is 1. The first-order valence-corrected chi connectivity index (χ1v) is 10.00. The minimum atomic E-state index is -0.421. The molecule has 1 aliphatic heterocycles. The van der Waals surface area contributed by atoms with Crippen LogP contribution in [-0.4, -0.2) is 28.3 Å².